The van der Waals surface area contributed by atoms with E-state index < -0.39 is 5.92 Å². The third kappa shape index (κ3) is 4.26. The first-order valence-electron chi connectivity index (χ1n) is 9.50. The Bertz CT molecular complexity index is 1140. The number of amides is 2. The number of hydrogen-bond donors (Lipinski definition) is 2. The number of aromatic nitrogens is 1. The van der Waals surface area contributed by atoms with E-state index in [2.05, 4.69) is 15.6 Å². The predicted molar refractivity (Wildman–Crippen MR) is 119 cm³/mol. The molecule has 154 valence electrons. The SMILES string of the molecule is CNC(=O)CN1Cc2ccc(Cl)cc2C(C(=O)Nc2cncc3cc(Cl)ccc23)C1. The zero-order valence-electron chi connectivity index (χ0n) is 16.3. The maximum atomic E-state index is 13.3. The molecule has 1 aliphatic heterocycles. The van der Waals surface area contributed by atoms with E-state index >= 15 is 0 Å². The third-order valence-electron chi connectivity index (χ3n) is 5.26. The average Bonchev–Trinajstić information content (AvgIpc) is 2.73. The molecule has 1 aromatic heterocycles. The Kier molecular flexibility index (Phi) is 5.90. The minimum atomic E-state index is -0.473. The van der Waals surface area contributed by atoms with Gasteiger partial charge < -0.3 is 10.6 Å². The van der Waals surface area contributed by atoms with Crippen LogP contribution in [0, 0.1) is 0 Å². The zero-order chi connectivity index (χ0) is 21.3. The van der Waals surface area contributed by atoms with Gasteiger partial charge in [0, 0.05) is 47.2 Å². The molecule has 1 aliphatic rings. The summed E-state index contributed by atoms with van der Waals surface area (Å²) in [6.07, 6.45) is 3.33. The van der Waals surface area contributed by atoms with Gasteiger partial charge in [-0.25, -0.2) is 0 Å². The molecule has 3 aromatic rings. The van der Waals surface area contributed by atoms with Gasteiger partial charge in [0.25, 0.3) is 0 Å². The number of benzene rings is 2. The highest BCUT2D eigenvalue weighted by Gasteiger charge is 2.31. The first-order chi connectivity index (χ1) is 14.4. The summed E-state index contributed by atoms with van der Waals surface area (Å²) in [5, 5.41) is 8.52. The highest BCUT2D eigenvalue weighted by atomic mass is 35.5. The van der Waals surface area contributed by atoms with Gasteiger partial charge in [0.05, 0.1) is 24.3 Å². The van der Waals surface area contributed by atoms with Crippen molar-refractivity contribution in [1.82, 2.24) is 15.2 Å². The van der Waals surface area contributed by atoms with Crippen molar-refractivity contribution in [2.75, 3.05) is 25.5 Å². The monoisotopic (exact) mass is 442 g/mol. The smallest absolute Gasteiger partial charge is 0.233 e. The summed E-state index contributed by atoms with van der Waals surface area (Å²) in [5.41, 5.74) is 2.48. The molecule has 0 bridgehead atoms. The van der Waals surface area contributed by atoms with Crippen molar-refractivity contribution in [2.45, 2.75) is 12.5 Å². The second-order valence-corrected chi connectivity index (χ2v) is 8.15. The van der Waals surface area contributed by atoms with Crippen LogP contribution < -0.4 is 10.6 Å². The molecule has 2 amide bonds. The Morgan fingerprint density at radius 1 is 1.13 bits per heavy atom. The van der Waals surface area contributed by atoms with Crippen molar-refractivity contribution in [3.05, 3.63) is 70.0 Å². The first-order valence-corrected chi connectivity index (χ1v) is 10.3. The molecule has 0 saturated carbocycles. The van der Waals surface area contributed by atoms with Gasteiger partial charge in [0.15, 0.2) is 0 Å². The molecule has 0 spiro atoms. The van der Waals surface area contributed by atoms with Crippen LogP contribution in [0.15, 0.2) is 48.8 Å². The molecule has 0 fully saturated rings. The molecule has 6 nitrogen and oxygen atoms in total. The van der Waals surface area contributed by atoms with Crippen LogP contribution in [0.3, 0.4) is 0 Å². The van der Waals surface area contributed by atoms with Gasteiger partial charge in [0.2, 0.25) is 11.8 Å². The molecular formula is C22H20Cl2N4O2. The topological polar surface area (TPSA) is 74.3 Å². The van der Waals surface area contributed by atoms with Gasteiger partial charge in [-0.3, -0.25) is 19.5 Å². The number of carbonyl (C=O) groups is 2. The van der Waals surface area contributed by atoms with E-state index in [1.807, 2.05) is 23.1 Å². The number of hydrogen-bond acceptors (Lipinski definition) is 4. The lowest BCUT2D eigenvalue weighted by Gasteiger charge is -2.33. The molecule has 4 rings (SSSR count). The number of anilines is 1. The molecule has 1 atom stereocenters. The average molecular weight is 443 g/mol. The molecule has 0 aliphatic carbocycles. The highest BCUT2D eigenvalue weighted by Crippen LogP contribution is 2.32. The predicted octanol–water partition coefficient (Wildman–Crippen LogP) is 3.83. The number of likely N-dealkylation sites (N-methyl/N-ethyl adjacent to an activating group) is 1. The van der Waals surface area contributed by atoms with E-state index in [1.54, 1.807) is 37.6 Å². The summed E-state index contributed by atoms with van der Waals surface area (Å²) < 4.78 is 0. The van der Waals surface area contributed by atoms with Crippen LogP contribution in [-0.4, -0.2) is 41.8 Å². The number of nitrogens with zero attached hydrogens (tertiary/aromatic N) is 2. The summed E-state index contributed by atoms with van der Waals surface area (Å²) in [5.74, 6) is -0.745. The van der Waals surface area contributed by atoms with Crippen LogP contribution in [0.1, 0.15) is 17.0 Å². The first kappa shape index (κ1) is 20.6. The molecule has 2 heterocycles. The largest absolute Gasteiger partial charge is 0.358 e. The van der Waals surface area contributed by atoms with Crippen molar-refractivity contribution in [1.29, 1.82) is 0 Å². The minimum absolute atomic E-state index is 0.0956. The summed E-state index contributed by atoms with van der Waals surface area (Å²) in [7, 11) is 1.60. The van der Waals surface area contributed by atoms with E-state index in [-0.39, 0.29) is 18.4 Å². The van der Waals surface area contributed by atoms with E-state index in [4.69, 9.17) is 23.2 Å². The van der Waals surface area contributed by atoms with Gasteiger partial charge in [-0.1, -0.05) is 35.3 Å². The number of fused-ring (bicyclic) bond motifs is 2. The standard InChI is InChI=1S/C22H20Cl2N4O2/c1-25-21(29)12-28-10-13-2-3-16(24)7-18(13)19(11-28)22(30)27-20-9-26-8-14-6-15(23)4-5-17(14)20/h2-9,19H,10-12H2,1H3,(H,25,29)(H,27,30). The molecule has 0 radical (unpaired) electrons. The Hall–Kier alpha value is -2.67. The molecule has 30 heavy (non-hydrogen) atoms. The maximum absolute atomic E-state index is 13.3. The zero-order valence-corrected chi connectivity index (χ0v) is 17.8. The summed E-state index contributed by atoms with van der Waals surface area (Å²) in [6, 6.07) is 11.0. The fourth-order valence-electron chi connectivity index (χ4n) is 3.79. The summed E-state index contributed by atoms with van der Waals surface area (Å²) in [6.45, 7) is 1.21. The van der Waals surface area contributed by atoms with Crippen LogP contribution in [0.25, 0.3) is 10.8 Å². The second kappa shape index (κ2) is 8.60. The number of halogens is 2. The van der Waals surface area contributed by atoms with Crippen molar-refractivity contribution < 1.29 is 9.59 Å². The normalized spacial score (nSPS) is 16.2. The van der Waals surface area contributed by atoms with Gasteiger partial charge in [-0.2, -0.15) is 0 Å². The molecule has 8 heteroatoms. The van der Waals surface area contributed by atoms with Crippen molar-refractivity contribution in [3.63, 3.8) is 0 Å². The fourth-order valence-corrected chi connectivity index (χ4v) is 4.15. The third-order valence-corrected chi connectivity index (χ3v) is 5.73. The molecule has 1 unspecified atom stereocenters. The fraction of sp³-hybridized carbons (Fsp3) is 0.227. The maximum Gasteiger partial charge on any atom is 0.233 e. The van der Waals surface area contributed by atoms with E-state index in [0.717, 1.165) is 21.9 Å². The van der Waals surface area contributed by atoms with E-state index in [1.165, 1.54) is 0 Å². The van der Waals surface area contributed by atoms with Crippen molar-refractivity contribution in [3.8, 4) is 0 Å². The Morgan fingerprint density at radius 3 is 2.70 bits per heavy atom. The lowest BCUT2D eigenvalue weighted by Crippen LogP contribution is -2.43. The van der Waals surface area contributed by atoms with Crippen LogP contribution in [0.5, 0.6) is 0 Å². The number of rotatable bonds is 4. The van der Waals surface area contributed by atoms with Crippen LogP contribution in [0.4, 0.5) is 5.69 Å². The lowest BCUT2D eigenvalue weighted by molar-refractivity contribution is -0.123. The van der Waals surface area contributed by atoms with Crippen molar-refractivity contribution in [2.24, 2.45) is 0 Å². The molecule has 0 saturated heterocycles. The van der Waals surface area contributed by atoms with Crippen LogP contribution >= 0.6 is 23.2 Å². The lowest BCUT2D eigenvalue weighted by atomic mass is 9.89. The Morgan fingerprint density at radius 2 is 1.90 bits per heavy atom. The molecular weight excluding hydrogens is 423 g/mol. The van der Waals surface area contributed by atoms with Gasteiger partial charge >= 0.3 is 0 Å². The van der Waals surface area contributed by atoms with Gasteiger partial charge in [-0.15, -0.1) is 0 Å². The Balaban J connectivity index is 1.65. The minimum Gasteiger partial charge on any atom is -0.358 e. The second-order valence-electron chi connectivity index (χ2n) is 7.28. The van der Waals surface area contributed by atoms with Gasteiger partial charge in [0.1, 0.15) is 0 Å². The van der Waals surface area contributed by atoms with Gasteiger partial charge in [-0.05, 0) is 35.4 Å². The van der Waals surface area contributed by atoms with Crippen molar-refractivity contribution >= 4 is 51.5 Å². The number of pyridine rings is 1. The van der Waals surface area contributed by atoms with Crippen LogP contribution in [-0.2, 0) is 16.1 Å². The Labute approximate surface area is 184 Å². The number of nitrogens with one attached hydrogen (secondary N) is 2. The van der Waals surface area contributed by atoms with Crippen LogP contribution in [0.2, 0.25) is 10.0 Å². The highest BCUT2D eigenvalue weighted by molar-refractivity contribution is 6.31. The quantitative estimate of drug-likeness (QED) is 0.643. The van der Waals surface area contributed by atoms with E-state index in [0.29, 0.717) is 28.8 Å². The number of carbonyl (C=O) groups excluding carboxylic acids is 2. The summed E-state index contributed by atoms with van der Waals surface area (Å²) >= 11 is 12.3. The van der Waals surface area contributed by atoms with E-state index in [9.17, 15) is 9.59 Å². The molecule has 2 aromatic carbocycles. The molecule has 2 N–H and O–H groups in total. The summed E-state index contributed by atoms with van der Waals surface area (Å²) in [4.78, 5) is 31.4.